The Morgan fingerprint density at radius 1 is 1.23 bits per heavy atom. The molecule has 3 atom stereocenters. The molecule has 2 aliphatic heterocycles. The van der Waals surface area contributed by atoms with Crippen molar-refractivity contribution in [1.82, 2.24) is 9.88 Å². The molecule has 0 unspecified atom stereocenters. The number of hydrogen-bond donors (Lipinski definition) is 0. The van der Waals surface area contributed by atoms with Crippen molar-refractivity contribution in [2.75, 3.05) is 6.54 Å². The number of nitrogens with zero attached hydrogens (tertiary/aromatic N) is 3. The highest BCUT2D eigenvalue weighted by Gasteiger charge is 2.43. The van der Waals surface area contributed by atoms with E-state index in [9.17, 15) is 0 Å². The first kappa shape index (κ1) is 14.1. The van der Waals surface area contributed by atoms with Crippen molar-refractivity contribution in [2.45, 2.75) is 24.3 Å². The summed E-state index contributed by atoms with van der Waals surface area (Å²) in [6.45, 7) is 3.26. The molecule has 1 fully saturated rings. The van der Waals surface area contributed by atoms with Gasteiger partial charge in [-0.3, -0.25) is 9.98 Å². The Balaban J connectivity index is 1.78. The number of hydrogen-bond acceptors (Lipinski definition) is 4. The standard InChI is InChI=1S/C17H16ClN3S/c1-11-10-21-16(12-5-4-6-13(18)9-12)15(20-17(21)22-11)14-7-2-3-8-19-14/h2-9,11,15-16H,10H2,1H3/t11-,15-,16-/m0/s1. The van der Waals surface area contributed by atoms with Crippen molar-refractivity contribution in [3.63, 3.8) is 0 Å². The van der Waals surface area contributed by atoms with Gasteiger partial charge in [0.25, 0.3) is 0 Å². The second kappa shape index (κ2) is 5.60. The molecule has 1 saturated heterocycles. The molecule has 0 bridgehead atoms. The highest BCUT2D eigenvalue weighted by atomic mass is 35.5. The highest BCUT2D eigenvalue weighted by molar-refractivity contribution is 8.14. The second-order valence-electron chi connectivity index (χ2n) is 5.69. The molecule has 0 aliphatic carbocycles. The van der Waals surface area contributed by atoms with Gasteiger partial charge in [-0.1, -0.05) is 48.5 Å². The van der Waals surface area contributed by atoms with Crippen LogP contribution in [-0.2, 0) is 0 Å². The zero-order valence-corrected chi connectivity index (χ0v) is 13.8. The fourth-order valence-electron chi connectivity index (χ4n) is 3.17. The minimum atomic E-state index is 0.0367. The van der Waals surface area contributed by atoms with E-state index in [0.29, 0.717) is 5.25 Å². The first-order valence-corrected chi connectivity index (χ1v) is 8.65. The minimum Gasteiger partial charge on any atom is -0.341 e. The van der Waals surface area contributed by atoms with Crippen LogP contribution in [0.1, 0.15) is 30.3 Å². The number of aromatic nitrogens is 1. The Morgan fingerprint density at radius 3 is 2.91 bits per heavy atom. The quantitative estimate of drug-likeness (QED) is 0.821. The van der Waals surface area contributed by atoms with E-state index in [1.807, 2.05) is 48.3 Å². The molecule has 5 heteroatoms. The Labute approximate surface area is 139 Å². The Hall–Kier alpha value is -1.52. The van der Waals surface area contributed by atoms with Gasteiger partial charge in [0.1, 0.15) is 6.04 Å². The molecule has 1 aromatic carbocycles. The third-order valence-electron chi connectivity index (χ3n) is 4.07. The fourth-order valence-corrected chi connectivity index (χ4v) is 4.46. The normalized spacial score (nSPS) is 26.9. The maximum atomic E-state index is 6.21. The predicted molar refractivity (Wildman–Crippen MR) is 92.4 cm³/mol. The summed E-state index contributed by atoms with van der Waals surface area (Å²) in [6, 6.07) is 14.4. The van der Waals surface area contributed by atoms with Gasteiger partial charge in [0.05, 0.1) is 11.7 Å². The van der Waals surface area contributed by atoms with Gasteiger partial charge >= 0.3 is 0 Å². The van der Waals surface area contributed by atoms with Gasteiger partial charge in [-0.2, -0.15) is 0 Å². The van der Waals surface area contributed by atoms with Gasteiger partial charge in [-0.15, -0.1) is 0 Å². The maximum absolute atomic E-state index is 6.21. The van der Waals surface area contributed by atoms with Gasteiger partial charge in [0, 0.05) is 23.0 Å². The first-order valence-electron chi connectivity index (χ1n) is 7.40. The summed E-state index contributed by atoms with van der Waals surface area (Å²) in [6.07, 6.45) is 1.84. The molecule has 0 radical (unpaired) electrons. The lowest BCUT2D eigenvalue weighted by Gasteiger charge is -2.27. The third-order valence-corrected chi connectivity index (χ3v) is 5.41. The summed E-state index contributed by atoms with van der Waals surface area (Å²) in [4.78, 5) is 11.9. The Bertz CT molecular complexity index is 719. The molecule has 4 rings (SSSR count). The van der Waals surface area contributed by atoms with E-state index < -0.39 is 0 Å². The van der Waals surface area contributed by atoms with Crippen LogP contribution in [0.5, 0.6) is 0 Å². The van der Waals surface area contributed by atoms with Crippen LogP contribution in [0.4, 0.5) is 0 Å². The monoisotopic (exact) mass is 329 g/mol. The van der Waals surface area contributed by atoms with E-state index in [-0.39, 0.29) is 12.1 Å². The molecule has 0 amide bonds. The van der Waals surface area contributed by atoms with Crippen molar-refractivity contribution >= 4 is 28.5 Å². The van der Waals surface area contributed by atoms with Crippen molar-refractivity contribution in [1.29, 1.82) is 0 Å². The minimum absolute atomic E-state index is 0.0367. The van der Waals surface area contributed by atoms with Crippen molar-refractivity contribution in [3.8, 4) is 0 Å². The molecule has 2 aromatic rings. The Kier molecular flexibility index (Phi) is 3.59. The van der Waals surface area contributed by atoms with E-state index in [1.54, 1.807) is 0 Å². The summed E-state index contributed by atoms with van der Waals surface area (Å²) in [5.41, 5.74) is 2.22. The number of fused-ring (bicyclic) bond motifs is 1. The van der Waals surface area contributed by atoms with Crippen LogP contribution < -0.4 is 0 Å². The number of amidine groups is 1. The topological polar surface area (TPSA) is 28.5 Å². The number of rotatable bonds is 2. The molecular formula is C17H16ClN3S. The lowest BCUT2D eigenvalue weighted by Crippen LogP contribution is -2.28. The number of pyridine rings is 1. The average molecular weight is 330 g/mol. The van der Waals surface area contributed by atoms with Gasteiger partial charge in [-0.05, 0) is 29.8 Å². The highest BCUT2D eigenvalue weighted by Crippen LogP contribution is 2.47. The molecule has 0 spiro atoms. The number of benzene rings is 1. The average Bonchev–Trinajstić information content (AvgIpc) is 3.04. The SMILES string of the molecule is C[C@H]1CN2C(=N[C@@H](c3ccccn3)[C@@H]2c2cccc(Cl)c2)S1. The zero-order chi connectivity index (χ0) is 15.1. The van der Waals surface area contributed by atoms with Crippen molar-refractivity contribution < 1.29 is 0 Å². The number of halogens is 1. The van der Waals surface area contributed by atoms with E-state index in [4.69, 9.17) is 16.6 Å². The molecule has 0 saturated carbocycles. The Morgan fingerprint density at radius 2 is 2.14 bits per heavy atom. The smallest absolute Gasteiger partial charge is 0.160 e. The number of thioether (sulfide) groups is 1. The lowest BCUT2D eigenvalue weighted by molar-refractivity contribution is 0.321. The fraction of sp³-hybridized carbons (Fsp3) is 0.294. The summed E-state index contributed by atoms with van der Waals surface area (Å²) < 4.78 is 0. The maximum Gasteiger partial charge on any atom is 0.160 e. The van der Waals surface area contributed by atoms with Crippen LogP contribution in [0.15, 0.2) is 53.7 Å². The predicted octanol–water partition coefficient (Wildman–Crippen LogP) is 4.32. The molecule has 3 heterocycles. The summed E-state index contributed by atoms with van der Waals surface area (Å²) in [5.74, 6) is 0. The lowest BCUT2D eigenvalue weighted by atomic mass is 9.96. The molecule has 1 aromatic heterocycles. The van der Waals surface area contributed by atoms with Gasteiger partial charge in [0.15, 0.2) is 5.17 Å². The second-order valence-corrected chi connectivity index (χ2v) is 7.53. The third kappa shape index (κ3) is 2.40. The summed E-state index contributed by atoms with van der Waals surface area (Å²) in [7, 11) is 0. The molecule has 0 N–H and O–H groups in total. The van der Waals surface area contributed by atoms with Gasteiger partial charge in [0.2, 0.25) is 0 Å². The van der Waals surface area contributed by atoms with Crippen molar-refractivity contribution in [3.05, 3.63) is 64.9 Å². The number of aliphatic imine (C=N–C) groups is 1. The van der Waals surface area contributed by atoms with Crippen LogP contribution >= 0.6 is 23.4 Å². The molecular weight excluding hydrogens is 314 g/mol. The van der Waals surface area contributed by atoms with Gasteiger partial charge in [-0.25, -0.2) is 0 Å². The van der Waals surface area contributed by atoms with Crippen LogP contribution in [0.25, 0.3) is 0 Å². The van der Waals surface area contributed by atoms with Crippen LogP contribution in [0.3, 0.4) is 0 Å². The summed E-state index contributed by atoms with van der Waals surface area (Å²) >= 11 is 8.06. The first-order chi connectivity index (χ1) is 10.7. The zero-order valence-electron chi connectivity index (χ0n) is 12.2. The van der Waals surface area contributed by atoms with E-state index in [2.05, 4.69) is 28.9 Å². The summed E-state index contributed by atoms with van der Waals surface area (Å²) in [5, 5.41) is 2.48. The van der Waals surface area contributed by atoms with E-state index in [0.717, 1.165) is 22.4 Å². The molecule has 22 heavy (non-hydrogen) atoms. The van der Waals surface area contributed by atoms with E-state index in [1.165, 1.54) is 5.56 Å². The largest absolute Gasteiger partial charge is 0.341 e. The van der Waals surface area contributed by atoms with Gasteiger partial charge < -0.3 is 4.90 Å². The van der Waals surface area contributed by atoms with Crippen LogP contribution in [0, 0.1) is 0 Å². The van der Waals surface area contributed by atoms with Crippen LogP contribution in [-0.4, -0.2) is 26.8 Å². The molecule has 3 nitrogen and oxygen atoms in total. The van der Waals surface area contributed by atoms with Crippen molar-refractivity contribution in [2.24, 2.45) is 4.99 Å². The molecule has 2 aliphatic rings. The van der Waals surface area contributed by atoms with Crippen LogP contribution in [0.2, 0.25) is 5.02 Å². The van der Waals surface area contributed by atoms with E-state index >= 15 is 0 Å². The molecule has 112 valence electrons.